The Kier molecular flexibility index (Phi) is 4.82. The van der Waals surface area contributed by atoms with Gasteiger partial charge in [0, 0.05) is 0 Å². The molecular weight excluding hydrogens is 201 g/mol. The Balaban J connectivity index is 3.08. The van der Waals surface area contributed by atoms with Crippen LogP contribution < -0.4 is 21.5 Å². The number of hydrogen-bond donors (Lipinski definition) is 0. The van der Waals surface area contributed by atoms with Crippen molar-refractivity contribution < 1.29 is 21.5 Å². The molecule has 44 valence electrons. The number of alkyl halides is 1. The van der Waals surface area contributed by atoms with E-state index in [1.807, 2.05) is 6.21 Å². The minimum absolute atomic E-state index is 0.143. The second kappa shape index (κ2) is 4.56. The summed E-state index contributed by atoms with van der Waals surface area (Å²) < 4.78 is 4.16. The van der Waals surface area contributed by atoms with E-state index in [9.17, 15) is 0 Å². The maximum atomic E-state index is 4.16. The number of halogens is 1. The van der Waals surface area contributed by atoms with Gasteiger partial charge in [-0.2, -0.15) is 0 Å². The third-order valence-corrected chi connectivity index (χ3v) is 1.33. The molecule has 0 atom stereocenters. The zero-order valence-corrected chi connectivity index (χ0v) is 7.14. The molecule has 0 aliphatic carbocycles. The molecule has 2 heteroatoms. The average Bonchev–Trinajstić information content (AvgIpc) is 1.61. The van der Waals surface area contributed by atoms with E-state index in [1.54, 1.807) is 0 Å². The van der Waals surface area contributed by atoms with E-state index in [0.29, 0.717) is 5.92 Å². The van der Waals surface area contributed by atoms with Crippen molar-refractivity contribution in [3.8, 4) is 0 Å². The van der Waals surface area contributed by atoms with Crippen molar-refractivity contribution in [1.29, 1.82) is 0 Å². The van der Waals surface area contributed by atoms with Crippen LogP contribution in [-0.4, -0.2) is 11.1 Å². The third kappa shape index (κ3) is 6.40. The van der Waals surface area contributed by atoms with Crippen molar-refractivity contribution in [1.82, 2.24) is 0 Å². The zero-order chi connectivity index (χ0) is 5.70. The molecule has 0 unspecified atom stereocenters. The van der Waals surface area contributed by atoms with E-state index in [2.05, 4.69) is 22.0 Å². The summed E-state index contributed by atoms with van der Waals surface area (Å²) in [6.07, 6.45) is 2.02. The van der Waals surface area contributed by atoms with Crippen LogP contribution in [0.3, 0.4) is 0 Å². The summed E-state index contributed by atoms with van der Waals surface area (Å²) in [4.78, 5) is 2.15. The fraction of sp³-hybridized carbons (Fsp3) is 0.800. The first-order valence-corrected chi connectivity index (χ1v) is 5.42. The van der Waals surface area contributed by atoms with Crippen LogP contribution in [0, 0.1) is 5.92 Å². The molecule has 0 fully saturated rings. The molecule has 0 aromatic heterocycles. The zero-order valence-electron chi connectivity index (χ0n) is 4.98. The molecule has 0 aliphatic heterocycles. The summed E-state index contributed by atoms with van der Waals surface area (Å²) in [5.41, 5.74) is 0. The monoisotopic (exact) mass is 212 g/mol. The summed E-state index contributed by atoms with van der Waals surface area (Å²) in [6, 6.07) is 0. The second-order valence-corrected chi connectivity index (χ2v) is 3.18. The Bertz CT molecular complexity index is 59.1. The first-order chi connectivity index (χ1) is 3.27. The normalized spacial score (nSPS) is 12.0. The second-order valence-electron chi connectivity index (χ2n) is 1.66. The van der Waals surface area contributed by atoms with Crippen LogP contribution in [0.15, 0.2) is 3.21 Å². The van der Waals surface area contributed by atoms with Gasteiger partial charge in [0.2, 0.25) is 0 Å². The molecule has 0 aromatic rings. The summed E-state index contributed by atoms with van der Waals surface area (Å²) in [7, 11) is 0. The SMILES string of the molecule is C[I-]N=CC(C)C. The first kappa shape index (κ1) is 7.40. The van der Waals surface area contributed by atoms with Crippen LogP contribution in [0.1, 0.15) is 13.8 Å². The first-order valence-electron chi connectivity index (χ1n) is 2.29. The quantitative estimate of drug-likeness (QED) is 0.295. The minimum atomic E-state index is 0.143. The van der Waals surface area contributed by atoms with E-state index >= 15 is 0 Å². The van der Waals surface area contributed by atoms with Gasteiger partial charge in [0.25, 0.3) is 0 Å². The van der Waals surface area contributed by atoms with Gasteiger partial charge < -0.3 is 0 Å². The number of hydrogen-bond acceptors (Lipinski definition) is 1. The van der Waals surface area contributed by atoms with Gasteiger partial charge >= 0.3 is 55.6 Å². The van der Waals surface area contributed by atoms with Crippen LogP contribution in [0.4, 0.5) is 0 Å². The standard InChI is InChI=1S/C5H11IN/c1-5(2)4-7-6-3/h4-5H,1-3H3/q-1. The number of rotatable bonds is 2. The molecule has 0 N–H and O–H groups in total. The Labute approximate surface area is 55.8 Å². The molecule has 1 nitrogen and oxygen atoms in total. The van der Waals surface area contributed by atoms with Gasteiger partial charge in [-0.25, -0.2) is 0 Å². The maximum absolute atomic E-state index is 4.16. The molecule has 0 aromatic carbocycles. The Morgan fingerprint density at radius 3 is 2.29 bits per heavy atom. The van der Waals surface area contributed by atoms with Crippen LogP contribution in [-0.2, 0) is 0 Å². The van der Waals surface area contributed by atoms with E-state index in [0.717, 1.165) is 0 Å². The van der Waals surface area contributed by atoms with Gasteiger partial charge in [-0.15, -0.1) is 0 Å². The van der Waals surface area contributed by atoms with Gasteiger partial charge in [0.15, 0.2) is 0 Å². The van der Waals surface area contributed by atoms with Gasteiger partial charge in [-0.05, 0) is 0 Å². The predicted molar refractivity (Wildman–Crippen MR) is 29.3 cm³/mol. The van der Waals surface area contributed by atoms with Crippen molar-refractivity contribution in [3.05, 3.63) is 0 Å². The van der Waals surface area contributed by atoms with Gasteiger partial charge in [-0.1, -0.05) is 0 Å². The van der Waals surface area contributed by atoms with E-state index in [1.165, 1.54) is 0 Å². The van der Waals surface area contributed by atoms with E-state index in [-0.39, 0.29) is 21.5 Å². The van der Waals surface area contributed by atoms with Crippen molar-refractivity contribution >= 4 is 6.21 Å². The summed E-state index contributed by atoms with van der Waals surface area (Å²) >= 11 is 0.143. The molecule has 0 heterocycles. The van der Waals surface area contributed by atoms with Crippen molar-refractivity contribution in [2.45, 2.75) is 13.8 Å². The number of nitrogens with zero attached hydrogens (tertiary/aromatic N) is 1. The third-order valence-electron chi connectivity index (χ3n) is 0.452. The Hall–Kier alpha value is 0.400. The topological polar surface area (TPSA) is 12.4 Å². The molecule has 0 rings (SSSR count). The Morgan fingerprint density at radius 1 is 1.57 bits per heavy atom. The average molecular weight is 212 g/mol. The Morgan fingerprint density at radius 2 is 2.14 bits per heavy atom. The van der Waals surface area contributed by atoms with E-state index in [4.69, 9.17) is 0 Å². The molecule has 0 amide bonds. The van der Waals surface area contributed by atoms with Crippen molar-refractivity contribution in [3.63, 3.8) is 0 Å². The van der Waals surface area contributed by atoms with Crippen LogP contribution in [0.5, 0.6) is 0 Å². The van der Waals surface area contributed by atoms with Crippen LogP contribution in [0.25, 0.3) is 0 Å². The van der Waals surface area contributed by atoms with Gasteiger partial charge in [0.05, 0.1) is 0 Å². The summed E-state index contributed by atoms with van der Waals surface area (Å²) in [6.45, 7) is 4.28. The summed E-state index contributed by atoms with van der Waals surface area (Å²) in [5.74, 6) is 0.639. The summed E-state index contributed by atoms with van der Waals surface area (Å²) in [5, 5.41) is 0. The van der Waals surface area contributed by atoms with Gasteiger partial charge in [-0.3, -0.25) is 0 Å². The van der Waals surface area contributed by atoms with Crippen LogP contribution >= 0.6 is 0 Å². The predicted octanol–water partition coefficient (Wildman–Crippen LogP) is -1.65. The fourth-order valence-corrected chi connectivity index (χ4v) is 1.13. The molecule has 0 saturated carbocycles. The molecule has 0 aliphatic rings. The van der Waals surface area contributed by atoms with Gasteiger partial charge in [0.1, 0.15) is 0 Å². The molecule has 7 heavy (non-hydrogen) atoms. The van der Waals surface area contributed by atoms with Crippen molar-refractivity contribution in [2.75, 3.05) is 4.93 Å². The molecular formula is C5H11IN-. The van der Waals surface area contributed by atoms with E-state index < -0.39 is 0 Å². The molecule has 0 saturated heterocycles. The fourth-order valence-electron chi connectivity index (χ4n) is 0.169. The molecule has 0 bridgehead atoms. The van der Waals surface area contributed by atoms with Crippen LogP contribution in [0.2, 0.25) is 0 Å². The molecule has 0 radical (unpaired) electrons. The van der Waals surface area contributed by atoms with Crippen molar-refractivity contribution in [2.24, 2.45) is 9.12 Å². The molecule has 0 spiro atoms.